The number of aromatic nitrogens is 2. The van der Waals surface area contributed by atoms with E-state index in [1.54, 1.807) is 12.1 Å². The van der Waals surface area contributed by atoms with Gasteiger partial charge < -0.3 is 18.2 Å². The number of hydrogen-bond donors (Lipinski definition) is 0. The molecule has 32 heavy (non-hydrogen) atoms. The van der Waals surface area contributed by atoms with Crippen LogP contribution in [0.2, 0.25) is 0 Å². The minimum absolute atomic E-state index is 0.310. The van der Waals surface area contributed by atoms with E-state index in [0.717, 1.165) is 11.0 Å². The fourth-order valence-electron chi connectivity index (χ4n) is 3.27. The molecule has 0 aliphatic carbocycles. The molecule has 170 valence electrons. The lowest BCUT2D eigenvalue weighted by atomic mass is 10.3. The van der Waals surface area contributed by atoms with Gasteiger partial charge in [-0.25, -0.2) is 16.8 Å². The maximum absolute atomic E-state index is 11.3. The maximum Gasteiger partial charge on any atom is 0.211 e. The maximum atomic E-state index is 11.3. The molecule has 0 unspecified atom stereocenters. The van der Waals surface area contributed by atoms with E-state index >= 15 is 0 Å². The second-order valence-corrected chi connectivity index (χ2v) is 11.4. The molecule has 0 atom stereocenters. The summed E-state index contributed by atoms with van der Waals surface area (Å²) in [7, 11) is -9.14. The predicted molar refractivity (Wildman–Crippen MR) is 118 cm³/mol. The van der Waals surface area contributed by atoms with Crippen LogP contribution in [0.5, 0.6) is 0 Å². The van der Waals surface area contributed by atoms with Crippen LogP contribution in [0.4, 0.5) is 0 Å². The lowest BCUT2D eigenvalue weighted by Crippen LogP contribution is -2.16. The zero-order valence-corrected chi connectivity index (χ0v) is 20.0. The number of thiazole rings is 2. The molecule has 0 aliphatic heterocycles. The second kappa shape index (κ2) is 8.20. The Morgan fingerprint density at radius 2 is 1.12 bits per heavy atom. The molecule has 4 aromatic rings. The second-order valence-electron chi connectivity index (χ2n) is 6.63. The van der Waals surface area contributed by atoms with Crippen molar-refractivity contribution in [3.8, 4) is 0 Å². The van der Waals surface area contributed by atoms with E-state index in [1.807, 2.05) is 23.0 Å². The van der Waals surface area contributed by atoms with Gasteiger partial charge in [0.1, 0.15) is 20.2 Å². The predicted octanol–water partition coefficient (Wildman–Crippen LogP) is 1.98. The highest BCUT2D eigenvalue weighted by molar-refractivity contribution is 7.86. The zero-order chi connectivity index (χ0) is 23.3. The molecular formula is C18H16N4O6S4-2. The largest absolute Gasteiger partial charge is 0.744 e. The fourth-order valence-corrected chi connectivity index (χ4v) is 6.58. The number of rotatable bonds is 5. The highest BCUT2D eigenvalue weighted by Crippen LogP contribution is 2.23. The summed E-state index contributed by atoms with van der Waals surface area (Å²) in [4.78, 5) is 0.391. The van der Waals surface area contributed by atoms with Crippen molar-refractivity contribution in [3.05, 3.63) is 46.0 Å². The molecular weight excluding hydrogens is 496 g/mol. The van der Waals surface area contributed by atoms with E-state index in [2.05, 4.69) is 10.2 Å². The molecule has 0 fully saturated rings. The molecule has 0 amide bonds. The van der Waals surface area contributed by atoms with E-state index in [1.165, 1.54) is 46.9 Å². The third-order valence-electron chi connectivity index (χ3n) is 4.74. The summed E-state index contributed by atoms with van der Waals surface area (Å²) in [5, 5.41) is 8.68. The first-order valence-electron chi connectivity index (χ1n) is 9.29. The van der Waals surface area contributed by atoms with Crippen LogP contribution in [-0.2, 0) is 33.3 Å². The SMILES string of the molecule is CCn1/c(=N/N=c2/sc3cc(S(=O)(=O)[O-])ccc3n2CC)sc2cc(S(=O)(=O)[O-])ccc21. The molecule has 0 radical (unpaired) electrons. The van der Waals surface area contributed by atoms with Crippen LogP contribution in [0.25, 0.3) is 20.4 Å². The molecule has 10 nitrogen and oxygen atoms in total. The first-order chi connectivity index (χ1) is 15.0. The van der Waals surface area contributed by atoms with E-state index in [-0.39, 0.29) is 9.79 Å². The van der Waals surface area contributed by atoms with Crippen molar-refractivity contribution in [2.24, 2.45) is 10.2 Å². The van der Waals surface area contributed by atoms with Gasteiger partial charge in [0, 0.05) is 13.1 Å². The summed E-state index contributed by atoms with van der Waals surface area (Å²) in [5.74, 6) is 0. The zero-order valence-electron chi connectivity index (χ0n) is 16.7. The summed E-state index contributed by atoms with van der Waals surface area (Å²) in [6.45, 7) is 4.89. The van der Waals surface area contributed by atoms with E-state index < -0.39 is 20.2 Å². The van der Waals surface area contributed by atoms with Crippen molar-refractivity contribution >= 4 is 63.3 Å². The smallest absolute Gasteiger partial charge is 0.211 e. The lowest BCUT2D eigenvalue weighted by molar-refractivity contribution is 0.461. The molecule has 0 saturated heterocycles. The summed E-state index contributed by atoms with van der Waals surface area (Å²) in [5.41, 5.74) is 1.45. The standard InChI is InChI=1S/C18H18N4O6S4/c1-3-21-13-7-5-11(31(23,24)25)9-15(13)29-17(21)19-20-18-22(4-2)14-8-6-12(32(26,27)28)10-16(14)30-18/h5-10H,3-4H2,1-2H3,(H,23,24,25)(H,26,27,28)/p-2/b19-17-,20-18+. The number of aryl methyl sites for hydroxylation is 2. The fraction of sp³-hybridized carbons (Fsp3) is 0.222. The van der Waals surface area contributed by atoms with Gasteiger partial charge in [-0.15, -0.1) is 10.2 Å². The summed E-state index contributed by atoms with van der Waals surface area (Å²) >= 11 is 2.40. The molecule has 0 aliphatic rings. The Hall–Kier alpha value is -2.36. The number of hydrogen-bond acceptors (Lipinski definition) is 10. The quantitative estimate of drug-likeness (QED) is 0.295. The average molecular weight is 513 g/mol. The van der Waals surface area contributed by atoms with Crippen molar-refractivity contribution in [2.45, 2.75) is 36.7 Å². The molecule has 4 rings (SSSR count). The number of fused-ring (bicyclic) bond motifs is 2. The normalized spacial score (nSPS) is 14.1. The van der Waals surface area contributed by atoms with E-state index in [4.69, 9.17) is 0 Å². The molecule has 14 heteroatoms. The van der Waals surface area contributed by atoms with Crippen LogP contribution >= 0.6 is 22.7 Å². The van der Waals surface area contributed by atoms with E-state index in [9.17, 15) is 25.9 Å². The number of benzene rings is 2. The third kappa shape index (κ3) is 4.16. The Morgan fingerprint density at radius 1 is 0.750 bits per heavy atom. The molecule has 0 saturated carbocycles. The molecule has 2 heterocycles. The Kier molecular flexibility index (Phi) is 5.85. The monoisotopic (exact) mass is 512 g/mol. The molecule has 2 aromatic heterocycles. The Bertz CT molecular complexity index is 1580. The van der Waals surface area contributed by atoms with Crippen LogP contribution in [0.15, 0.2) is 56.4 Å². The lowest BCUT2D eigenvalue weighted by Gasteiger charge is -2.06. The molecule has 2 aromatic carbocycles. The first-order valence-corrected chi connectivity index (χ1v) is 13.7. The van der Waals surface area contributed by atoms with Crippen molar-refractivity contribution < 1.29 is 25.9 Å². The topological polar surface area (TPSA) is 149 Å². The highest BCUT2D eigenvalue weighted by atomic mass is 32.2. The van der Waals surface area contributed by atoms with Gasteiger partial charge in [-0.05, 0) is 50.2 Å². The van der Waals surface area contributed by atoms with Crippen molar-refractivity contribution in [1.82, 2.24) is 9.13 Å². The van der Waals surface area contributed by atoms with Gasteiger partial charge in [-0.3, -0.25) is 0 Å². The van der Waals surface area contributed by atoms with Gasteiger partial charge in [-0.2, -0.15) is 0 Å². The van der Waals surface area contributed by atoms with Gasteiger partial charge in [-0.1, -0.05) is 22.7 Å². The minimum atomic E-state index is -4.57. The average Bonchev–Trinajstić information content (AvgIpc) is 3.26. The Morgan fingerprint density at radius 3 is 1.44 bits per heavy atom. The van der Waals surface area contributed by atoms with Gasteiger partial charge >= 0.3 is 0 Å². The summed E-state index contributed by atoms with van der Waals surface area (Å²) < 4.78 is 72.9. The number of nitrogens with zero attached hydrogens (tertiary/aromatic N) is 4. The minimum Gasteiger partial charge on any atom is -0.744 e. The Balaban J connectivity index is 1.93. The highest BCUT2D eigenvalue weighted by Gasteiger charge is 2.10. The molecule has 0 spiro atoms. The van der Waals surface area contributed by atoms with Gasteiger partial charge in [0.05, 0.1) is 30.2 Å². The van der Waals surface area contributed by atoms with Gasteiger partial charge in [0.25, 0.3) is 0 Å². The van der Waals surface area contributed by atoms with Crippen molar-refractivity contribution in [1.29, 1.82) is 0 Å². The first kappa shape index (κ1) is 22.8. The third-order valence-corrected chi connectivity index (χ3v) is 8.46. The van der Waals surface area contributed by atoms with Crippen molar-refractivity contribution in [2.75, 3.05) is 0 Å². The van der Waals surface area contributed by atoms with Gasteiger partial charge in [0.15, 0.2) is 0 Å². The Labute approximate surface area is 190 Å². The van der Waals surface area contributed by atoms with Gasteiger partial charge in [0.2, 0.25) is 9.60 Å². The van der Waals surface area contributed by atoms with Crippen LogP contribution in [0, 0.1) is 0 Å². The van der Waals surface area contributed by atoms with Crippen LogP contribution in [-0.4, -0.2) is 35.1 Å². The van der Waals surface area contributed by atoms with Crippen molar-refractivity contribution in [3.63, 3.8) is 0 Å². The molecule has 0 bridgehead atoms. The molecule has 0 N–H and O–H groups in total. The summed E-state index contributed by atoms with van der Waals surface area (Å²) in [6, 6.07) is 8.31. The van der Waals surface area contributed by atoms with Crippen LogP contribution in [0.3, 0.4) is 0 Å². The van der Waals surface area contributed by atoms with Crippen LogP contribution in [0.1, 0.15) is 13.8 Å². The van der Waals surface area contributed by atoms with E-state index in [0.29, 0.717) is 32.1 Å². The summed E-state index contributed by atoms with van der Waals surface area (Å²) in [6.07, 6.45) is 0. The van der Waals surface area contributed by atoms with Crippen LogP contribution < -0.4 is 9.60 Å².